The zero-order valence-corrected chi connectivity index (χ0v) is 8.26. The Morgan fingerprint density at radius 3 is 2.93 bits per heavy atom. The predicted molar refractivity (Wildman–Crippen MR) is 54.7 cm³/mol. The summed E-state index contributed by atoms with van der Waals surface area (Å²) in [6.45, 7) is 2.66. The first-order chi connectivity index (χ1) is 7.31. The van der Waals surface area contributed by atoms with Gasteiger partial charge in [0.2, 0.25) is 0 Å². The van der Waals surface area contributed by atoms with E-state index in [0.717, 1.165) is 25.2 Å². The fourth-order valence-corrected chi connectivity index (χ4v) is 1.73. The van der Waals surface area contributed by atoms with Gasteiger partial charge in [0, 0.05) is 25.7 Å². The minimum atomic E-state index is -0.454. The maximum Gasteiger partial charge on any atom is 0.140 e. The molecule has 2 rings (SSSR count). The van der Waals surface area contributed by atoms with E-state index in [-0.39, 0.29) is 11.6 Å². The molecule has 1 aromatic rings. The van der Waals surface area contributed by atoms with Crippen LogP contribution in [0.15, 0.2) is 18.2 Å². The molecule has 0 bridgehead atoms. The Morgan fingerprint density at radius 1 is 1.40 bits per heavy atom. The molecule has 0 aliphatic carbocycles. The third-order valence-corrected chi connectivity index (χ3v) is 2.55. The van der Waals surface area contributed by atoms with Crippen LogP contribution in [0.4, 0.5) is 4.39 Å². The topological polar surface area (TPSA) is 47.9 Å². The summed E-state index contributed by atoms with van der Waals surface area (Å²) < 4.78 is 13.1. The molecule has 0 unspecified atom stereocenters. The number of halogens is 1. The molecule has 3 nitrogen and oxygen atoms in total. The van der Waals surface area contributed by atoms with Crippen molar-refractivity contribution >= 4 is 0 Å². The van der Waals surface area contributed by atoms with Crippen LogP contribution in [0, 0.1) is 17.1 Å². The van der Waals surface area contributed by atoms with Crippen LogP contribution in [0.3, 0.4) is 0 Å². The Labute approximate surface area is 87.9 Å². The number of benzene rings is 1. The zero-order valence-electron chi connectivity index (χ0n) is 8.26. The summed E-state index contributed by atoms with van der Waals surface area (Å²) in [5.74, 6) is -0.454. The largest absolute Gasteiger partial charge is 0.314 e. The van der Waals surface area contributed by atoms with E-state index in [0.29, 0.717) is 0 Å². The molecule has 0 amide bonds. The normalized spacial score (nSPS) is 20.9. The average molecular weight is 205 g/mol. The van der Waals surface area contributed by atoms with Crippen LogP contribution >= 0.6 is 0 Å². The molecule has 78 valence electrons. The molecule has 1 aliphatic heterocycles. The monoisotopic (exact) mass is 205 g/mol. The Kier molecular flexibility index (Phi) is 2.95. The Bertz CT molecular complexity index is 391. The molecule has 1 fully saturated rings. The summed E-state index contributed by atoms with van der Waals surface area (Å²) in [6, 6.07) is 6.71. The summed E-state index contributed by atoms with van der Waals surface area (Å²) >= 11 is 0. The molecular formula is C11H12FN3. The van der Waals surface area contributed by atoms with Crippen molar-refractivity contribution in [2.75, 3.05) is 19.6 Å². The lowest BCUT2D eigenvalue weighted by Crippen LogP contribution is -2.42. The number of hydrogen-bond donors (Lipinski definition) is 2. The number of piperazine rings is 1. The zero-order chi connectivity index (χ0) is 10.7. The van der Waals surface area contributed by atoms with Crippen LogP contribution < -0.4 is 10.6 Å². The molecule has 0 radical (unpaired) electrons. The van der Waals surface area contributed by atoms with Gasteiger partial charge in [-0.2, -0.15) is 5.26 Å². The first-order valence-electron chi connectivity index (χ1n) is 4.95. The Morgan fingerprint density at radius 2 is 2.27 bits per heavy atom. The fourth-order valence-electron chi connectivity index (χ4n) is 1.73. The van der Waals surface area contributed by atoms with Crippen LogP contribution in [0.2, 0.25) is 0 Å². The molecule has 1 aliphatic rings. The second-order valence-corrected chi connectivity index (χ2v) is 3.56. The minimum absolute atomic E-state index is 0.111. The number of rotatable bonds is 1. The van der Waals surface area contributed by atoms with Gasteiger partial charge < -0.3 is 10.6 Å². The second kappa shape index (κ2) is 4.39. The first-order valence-corrected chi connectivity index (χ1v) is 4.95. The van der Waals surface area contributed by atoms with Gasteiger partial charge in [0.25, 0.3) is 0 Å². The molecular weight excluding hydrogens is 193 g/mol. The van der Waals surface area contributed by atoms with Gasteiger partial charge in [-0.05, 0) is 17.7 Å². The van der Waals surface area contributed by atoms with Crippen molar-refractivity contribution in [1.29, 1.82) is 5.26 Å². The summed E-state index contributed by atoms with van der Waals surface area (Å²) in [6.07, 6.45) is 0. The molecule has 2 N–H and O–H groups in total. The highest BCUT2D eigenvalue weighted by Gasteiger charge is 2.15. The van der Waals surface area contributed by atoms with Crippen molar-refractivity contribution in [2.24, 2.45) is 0 Å². The number of nitrogens with zero attached hydrogens (tertiary/aromatic N) is 1. The van der Waals surface area contributed by atoms with Gasteiger partial charge in [0.1, 0.15) is 11.9 Å². The summed E-state index contributed by atoms with van der Waals surface area (Å²) in [7, 11) is 0. The van der Waals surface area contributed by atoms with E-state index in [4.69, 9.17) is 5.26 Å². The van der Waals surface area contributed by atoms with Gasteiger partial charge in [-0.25, -0.2) is 4.39 Å². The highest BCUT2D eigenvalue weighted by Crippen LogP contribution is 2.17. The minimum Gasteiger partial charge on any atom is -0.314 e. The highest BCUT2D eigenvalue weighted by molar-refractivity contribution is 5.36. The second-order valence-electron chi connectivity index (χ2n) is 3.56. The van der Waals surface area contributed by atoms with Crippen LogP contribution in [-0.2, 0) is 0 Å². The number of nitriles is 1. The third kappa shape index (κ3) is 2.14. The molecule has 4 heteroatoms. The molecule has 1 aromatic carbocycles. The van der Waals surface area contributed by atoms with Crippen LogP contribution in [0.5, 0.6) is 0 Å². The van der Waals surface area contributed by atoms with Gasteiger partial charge in [-0.3, -0.25) is 0 Å². The highest BCUT2D eigenvalue weighted by atomic mass is 19.1. The van der Waals surface area contributed by atoms with Gasteiger partial charge >= 0.3 is 0 Å². The van der Waals surface area contributed by atoms with Crippen LogP contribution in [0.25, 0.3) is 0 Å². The molecule has 15 heavy (non-hydrogen) atoms. The lowest BCUT2D eigenvalue weighted by Gasteiger charge is -2.24. The molecule has 0 saturated carbocycles. The third-order valence-electron chi connectivity index (χ3n) is 2.55. The summed E-state index contributed by atoms with van der Waals surface area (Å²) in [5.41, 5.74) is 1.07. The fraction of sp³-hybridized carbons (Fsp3) is 0.364. The molecule has 0 spiro atoms. The van der Waals surface area contributed by atoms with Crippen molar-refractivity contribution in [3.63, 3.8) is 0 Å². The van der Waals surface area contributed by atoms with E-state index in [1.165, 1.54) is 6.07 Å². The van der Waals surface area contributed by atoms with E-state index in [9.17, 15) is 4.39 Å². The average Bonchev–Trinajstić information content (AvgIpc) is 2.31. The van der Waals surface area contributed by atoms with E-state index < -0.39 is 5.82 Å². The van der Waals surface area contributed by atoms with Crippen LogP contribution in [-0.4, -0.2) is 19.6 Å². The maximum absolute atomic E-state index is 13.1. The van der Waals surface area contributed by atoms with E-state index in [1.807, 2.05) is 6.07 Å². The Balaban J connectivity index is 2.25. The van der Waals surface area contributed by atoms with E-state index in [2.05, 4.69) is 10.6 Å². The van der Waals surface area contributed by atoms with Crippen LogP contribution in [0.1, 0.15) is 17.2 Å². The maximum atomic E-state index is 13.1. The lowest BCUT2D eigenvalue weighted by molar-refractivity contribution is 0.429. The first kappa shape index (κ1) is 10.1. The van der Waals surface area contributed by atoms with Crippen molar-refractivity contribution in [3.8, 4) is 6.07 Å². The predicted octanol–water partition coefficient (Wildman–Crippen LogP) is 0.931. The van der Waals surface area contributed by atoms with Crippen molar-refractivity contribution in [2.45, 2.75) is 6.04 Å². The smallest absolute Gasteiger partial charge is 0.140 e. The van der Waals surface area contributed by atoms with Crippen molar-refractivity contribution in [1.82, 2.24) is 10.6 Å². The summed E-state index contributed by atoms with van der Waals surface area (Å²) in [4.78, 5) is 0. The quantitative estimate of drug-likeness (QED) is 0.717. The molecule has 1 heterocycles. The molecule has 1 saturated heterocycles. The molecule has 1 atom stereocenters. The lowest BCUT2D eigenvalue weighted by atomic mass is 10.0. The van der Waals surface area contributed by atoms with Crippen molar-refractivity contribution < 1.29 is 4.39 Å². The van der Waals surface area contributed by atoms with Gasteiger partial charge in [-0.1, -0.05) is 6.07 Å². The van der Waals surface area contributed by atoms with Gasteiger partial charge in [0.15, 0.2) is 0 Å². The van der Waals surface area contributed by atoms with E-state index in [1.54, 1.807) is 12.1 Å². The standard InChI is InChI=1S/C11H12FN3/c12-10-2-1-8(5-9(10)6-13)11-7-14-3-4-15-11/h1-2,5,11,14-15H,3-4,7H2/t11-/m0/s1. The van der Waals surface area contributed by atoms with Gasteiger partial charge in [-0.15, -0.1) is 0 Å². The Hall–Kier alpha value is -1.44. The number of hydrogen-bond acceptors (Lipinski definition) is 3. The molecule has 0 aromatic heterocycles. The number of nitrogens with one attached hydrogen (secondary N) is 2. The summed E-state index contributed by atoms with van der Waals surface area (Å²) in [5, 5.41) is 15.3. The van der Waals surface area contributed by atoms with E-state index >= 15 is 0 Å². The van der Waals surface area contributed by atoms with Gasteiger partial charge in [0.05, 0.1) is 5.56 Å². The SMILES string of the molecule is N#Cc1cc([C@@H]2CNCCN2)ccc1F. The van der Waals surface area contributed by atoms with Crippen molar-refractivity contribution in [3.05, 3.63) is 35.1 Å².